The summed E-state index contributed by atoms with van der Waals surface area (Å²) in [5.74, 6) is 0.843. The molecular formula is C15H16O2. The van der Waals surface area contributed by atoms with Crippen molar-refractivity contribution in [2.24, 2.45) is 0 Å². The minimum absolute atomic E-state index is 0.630. The van der Waals surface area contributed by atoms with Gasteiger partial charge in [0, 0.05) is 10.9 Å². The number of benzene rings is 2. The summed E-state index contributed by atoms with van der Waals surface area (Å²) in [6, 6.07) is 9.88. The van der Waals surface area contributed by atoms with Crippen molar-refractivity contribution in [1.29, 1.82) is 0 Å². The molecule has 0 spiro atoms. The van der Waals surface area contributed by atoms with Gasteiger partial charge in [0.1, 0.15) is 5.75 Å². The zero-order valence-electron chi connectivity index (χ0n) is 10.2. The molecule has 0 aliphatic heterocycles. The third-order valence-corrected chi connectivity index (χ3v) is 2.95. The van der Waals surface area contributed by atoms with Crippen LogP contribution in [-0.2, 0) is 6.42 Å². The minimum Gasteiger partial charge on any atom is -0.493 e. The first-order chi connectivity index (χ1) is 8.31. The van der Waals surface area contributed by atoms with Gasteiger partial charge in [-0.1, -0.05) is 31.2 Å². The number of rotatable bonds is 4. The number of aryl methyl sites for hydroxylation is 1. The van der Waals surface area contributed by atoms with Crippen LogP contribution in [0.3, 0.4) is 0 Å². The summed E-state index contributed by atoms with van der Waals surface area (Å²) in [7, 11) is 0. The lowest BCUT2D eigenvalue weighted by atomic mass is 9.98. The molecule has 2 aromatic rings. The standard InChI is InChI=1S/C15H16O2/c1-3-11-8-9-13-12(14(11)10-16)6-5-7-15(13)17-4-2/h5-10H,3-4H2,1-2H3. The molecule has 0 N–H and O–H groups in total. The van der Waals surface area contributed by atoms with E-state index in [-0.39, 0.29) is 0 Å². The molecule has 0 aliphatic carbocycles. The number of ether oxygens (including phenoxy) is 1. The third-order valence-electron chi connectivity index (χ3n) is 2.95. The highest BCUT2D eigenvalue weighted by Crippen LogP contribution is 2.29. The van der Waals surface area contributed by atoms with E-state index in [1.165, 1.54) is 0 Å². The number of hydrogen-bond acceptors (Lipinski definition) is 2. The molecule has 0 radical (unpaired) electrons. The van der Waals surface area contributed by atoms with E-state index < -0.39 is 0 Å². The van der Waals surface area contributed by atoms with Crippen LogP contribution in [0, 0.1) is 0 Å². The molecule has 17 heavy (non-hydrogen) atoms. The van der Waals surface area contributed by atoms with E-state index in [0.29, 0.717) is 6.61 Å². The SMILES string of the molecule is CCOc1cccc2c(C=O)c(CC)ccc12. The van der Waals surface area contributed by atoms with E-state index in [2.05, 4.69) is 6.92 Å². The summed E-state index contributed by atoms with van der Waals surface area (Å²) in [4.78, 5) is 11.2. The van der Waals surface area contributed by atoms with Crippen LogP contribution in [0.15, 0.2) is 30.3 Å². The average Bonchev–Trinajstić information content (AvgIpc) is 2.38. The van der Waals surface area contributed by atoms with Gasteiger partial charge in [-0.3, -0.25) is 4.79 Å². The topological polar surface area (TPSA) is 26.3 Å². The van der Waals surface area contributed by atoms with Crippen molar-refractivity contribution in [2.75, 3.05) is 6.61 Å². The molecule has 0 saturated carbocycles. The molecular weight excluding hydrogens is 212 g/mol. The Kier molecular flexibility index (Phi) is 3.43. The molecule has 0 aromatic heterocycles. The van der Waals surface area contributed by atoms with Gasteiger partial charge in [0.15, 0.2) is 6.29 Å². The van der Waals surface area contributed by atoms with Crippen LogP contribution in [0.5, 0.6) is 5.75 Å². The van der Waals surface area contributed by atoms with Gasteiger partial charge in [0.2, 0.25) is 0 Å². The third kappa shape index (κ3) is 2.03. The van der Waals surface area contributed by atoms with E-state index >= 15 is 0 Å². The van der Waals surface area contributed by atoms with Crippen molar-refractivity contribution in [1.82, 2.24) is 0 Å². The molecule has 2 nitrogen and oxygen atoms in total. The summed E-state index contributed by atoms with van der Waals surface area (Å²) < 4.78 is 5.58. The van der Waals surface area contributed by atoms with Gasteiger partial charge in [-0.15, -0.1) is 0 Å². The first kappa shape index (κ1) is 11.6. The van der Waals surface area contributed by atoms with Crippen molar-refractivity contribution in [3.63, 3.8) is 0 Å². The van der Waals surface area contributed by atoms with E-state index in [4.69, 9.17) is 4.74 Å². The molecule has 0 amide bonds. The fourth-order valence-corrected chi connectivity index (χ4v) is 2.13. The van der Waals surface area contributed by atoms with Crippen molar-refractivity contribution in [2.45, 2.75) is 20.3 Å². The van der Waals surface area contributed by atoms with Crippen LogP contribution >= 0.6 is 0 Å². The first-order valence-electron chi connectivity index (χ1n) is 5.94. The summed E-state index contributed by atoms with van der Waals surface area (Å²) in [6.07, 6.45) is 1.81. The van der Waals surface area contributed by atoms with E-state index in [9.17, 15) is 4.79 Å². The maximum atomic E-state index is 11.2. The predicted octanol–water partition coefficient (Wildman–Crippen LogP) is 3.61. The number of carbonyl (C=O) groups excluding carboxylic acids is 1. The van der Waals surface area contributed by atoms with Crippen LogP contribution in [0.1, 0.15) is 29.8 Å². The van der Waals surface area contributed by atoms with Gasteiger partial charge in [-0.2, -0.15) is 0 Å². The Morgan fingerprint density at radius 3 is 2.59 bits per heavy atom. The van der Waals surface area contributed by atoms with Gasteiger partial charge in [-0.25, -0.2) is 0 Å². The second-order valence-electron chi connectivity index (χ2n) is 3.89. The highest BCUT2D eigenvalue weighted by molar-refractivity contribution is 6.02. The summed E-state index contributed by atoms with van der Waals surface area (Å²) >= 11 is 0. The van der Waals surface area contributed by atoms with Crippen molar-refractivity contribution in [3.8, 4) is 5.75 Å². The van der Waals surface area contributed by atoms with E-state index in [0.717, 1.165) is 40.4 Å². The normalized spacial score (nSPS) is 10.5. The molecule has 0 atom stereocenters. The molecule has 0 heterocycles. The molecule has 0 fully saturated rings. The summed E-state index contributed by atoms with van der Waals surface area (Å²) in [6.45, 7) is 4.64. The number of carbonyl (C=O) groups is 1. The Bertz CT molecular complexity index is 544. The summed E-state index contributed by atoms with van der Waals surface area (Å²) in [5.41, 5.74) is 1.87. The van der Waals surface area contributed by atoms with Gasteiger partial charge < -0.3 is 4.74 Å². The van der Waals surface area contributed by atoms with Crippen LogP contribution in [-0.4, -0.2) is 12.9 Å². The lowest BCUT2D eigenvalue weighted by molar-refractivity contribution is 0.112. The molecule has 0 aliphatic rings. The molecule has 88 valence electrons. The fourth-order valence-electron chi connectivity index (χ4n) is 2.13. The predicted molar refractivity (Wildman–Crippen MR) is 69.9 cm³/mol. The Balaban J connectivity index is 2.73. The molecule has 2 rings (SSSR count). The Morgan fingerprint density at radius 2 is 1.94 bits per heavy atom. The van der Waals surface area contributed by atoms with E-state index in [1.54, 1.807) is 0 Å². The highest BCUT2D eigenvalue weighted by atomic mass is 16.5. The largest absolute Gasteiger partial charge is 0.493 e. The zero-order chi connectivity index (χ0) is 12.3. The fraction of sp³-hybridized carbons (Fsp3) is 0.267. The number of aldehydes is 1. The molecule has 2 aromatic carbocycles. The molecule has 2 heteroatoms. The van der Waals surface area contributed by atoms with E-state index in [1.807, 2.05) is 37.3 Å². The average molecular weight is 228 g/mol. The second-order valence-corrected chi connectivity index (χ2v) is 3.89. The van der Waals surface area contributed by atoms with Crippen molar-refractivity contribution in [3.05, 3.63) is 41.5 Å². The highest BCUT2D eigenvalue weighted by Gasteiger charge is 2.08. The molecule has 0 saturated heterocycles. The van der Waals surface area contributed by atoms with Gasteiger partial charge >= 0.3 is 0 Å². The number of hydrogen-bond donors (Lipinski definition) is 0. The number of fused-ring (bicyclic) bond motifs is 1. The molecule has 0 unspecified atom stereocenters. The monoisotopic (exact) mass is 228 g/mol. The van der Waals surface area contributed by atoms with Crippen LogP contribution < -0.4 is 4.74 Å². The lowest BCUT2D eigenvalue weighted by Gasteiger charge is -2.11. The van der Waals surface area contributed by atoms with Crippen molar-refractivity contribution < 1.29 is 9.53 Å². The Hall–Kier alpha value is -1.83. The van der Waals surface area contributed by atoms with Crippen LogP contribution in [0.2, 0.25) is 0 Å². The van der Waals surface area contributed by atoms with Crippen LogP contribution in [0.25, 0.3) is 10.8 Å². The Labute approximate surface area is 101 Å². The van der Waals surface area contributed by atoms with Crippen LogP contribution in [0.4, 0.5) is 0 Å². The lowest BCUT2D eigenvalue weighted by Crippen LogP contribution is -1.96. The molecule has 0 bridgehead atoms. The first-order valence-corrected chi connectivity index (χ1v) is 5.94. The van der Waals surface area contributed by atoms with Gasteiger partial charge in [-0.05, 0) is 30.4 Å². The van der Waals surface area contributed by atoms with Crippen molar-refractivity contribution >= 4 is 17.1 Å². The minimum atomic E-state index is 0.630. The zero-order valence-corrected chi connectivity index (χ0v) is 10.2. The maximum absolute atomic E-state index is 11.2. The van der Waals surface area contributed by atoms with Gasteiger partial charge in [0.25, 0.3) is 0 Å². The smallest absolute Gasteiger partial charge is 0.150 e. The maximum Gasteiger partial charge on any atom is 0.150 e. The quantitative estimate of drug-likeness (QED) is 0.747. The summed E-state index contributed by atoms with van der Waals surface area (Å²) in [5, 5.41) is 1.99. The Morgan fingerprint density at radius 1 is 1.12 bits per heavy atom. The second kappa shape index (κ2) is 5.00. The van der Waals surface area contributed by atoms with Gasteiger partial charge in [0.05, 0.1) is 6.61 Å².